The first-order valence-electron chi connectivity index (χ1n) is 11.2. The summed E-state index contributed by atoms with van der Waals surface area (Å²) in [5.74, 6) is 0.482. The number of hydrogen-bond acceptors (Lipinski definition) is 6. The lowest BCUT2D eigenvalue weighted by atomic mass is 10.0. The molecule has 9 nitrogen and oxygen atoms in total. The summed E-state index contributed by atoms with van der Waals surface area (Å²) in [4.78, 5) is 30.5. The van der Waals surface area contributed by atoms with Crippen LogP contribution in [0.2, 0.25) is 0 Å². The molecule has 2 aromatic heterocycles. The lowest BCUT2D eigenvalue weighted by Gasteiger charge is -2.16. The lowest BCUT2D eigenvalue weighted by molar-refractivity contribution is -0.139. The van der Waals surface area contributed by atoms with Crippen molar-refractivity contribution in [2.75, 3.05) is 11.5 Å². The van der Waals surface area contributed by atoms with Crippen LogP contribution in [0.25, 0.3) is 22.6 Å². The van der Waals surface area contributed by atoms with Gasteiger partial charge in [0, 0.05) is 11.6 Å². The van der Waals surface area contributed by atoms with Crippen molar-refractivity contribution < 1.29 is 19.4 Å². The maximum absolute atomic E-state index is 13.4. The van der Waals surface area contributed by atoms with Crippen LogP contribution in [0.15, 0.2) is 67.0 Å². The second kappa shape index (κ2) is 9.02. The number of ether oxygens (including phenoxy) is 1. The summed E-state index contributed by atoms with van der Waals surface area (Å²) in [5, 5.41) is 17.1. The van der Waals surface area contributed by atoms with Crippen molar-refractivity contribution in [3.8, 4) is 28.4 Å². The summed E-state index contributed by atoms with van der Waals surface area (Å²) in [7, 11) is 0. The third kappa shape index (κ3) is 4.35. The highest BCUT2D eigenvalue weighted by atomic mass is 16.5. The fourth-order valence-corrected chi connectivity index (χ4v) is 4.08. The minimum atomic E-state index is -1.04. The third-order valence-electron chi connectivity index (χ3n) is 5.81. The Morgan fingerprint density at radius 2 is 1.89 bits per heavy atom. The van der Waals surface area contributed by atoms with Crippen LogP contribution in [0.1, 0.15) is 35.8 Å². The first-order valence-corrected chi connectivity index (χ1v) is 11.2. The molecule has 5 rings (SSSR count). The number of carboxylic acids is 1. The van der Waals surface area contributed by atoms with Gasteiger partial charge in [0.15, 0.2) is 12.4 Å². The van der Waals surface area contributed by atoms with Gasteiger partial charge in [-0.3, -0.25) is 9.69 Å². The van der Waals surface area contributed by atoms with Crippen LogP contribution in [-0.2, 0) is 11.3 Å². The van der Waals surface area contributed by atoms with Crippen molar-refractivity contribution in [2.24, 2.45) is 0 Å². The van der Waals surface area contributed by atoms with E-state index in [1.807, 2.05) is 60.9 Å². The summed E-state index contributed by atoms with van der Waals surface area (Å²) in [6, 6.07) is 18.6. The quantitative estimate of drug-likeness (QED) is 0.432. The molecule has 35 heavy (non-hydrogen) atoms. The highest BCUT2D eigenvalue weighted by Gasteiger charge is 2.30. The van der Waals surface area contributed by atoms with Crippen molar-refractivity contribution in [1.82, 2.24) is 19.7 Å². The number of carbonyl (C=O) groups excluding carboxylic acids is 1. The number of anilines is 1. The maximum Gasteiger partial charge on any atom is 0.341 e. The van der Waals surface area contributed by atoms with E-state index in [-0.39, 0.29) is 11.9 Å². The molecule has 0 saturated heterocycles. The van der Waals surface area contributed by atoms with Crippen LogP contribution in [0, 0.1) is 0 Å². The van der Waals surface area contributed by atoms with Gasteiger partial charge in [-0.1, -0.05) is 30.3 Å². The number of nitrogens with zero attached hydrogens (tertiary/aromatic N) is 5. The number of pyridine rings is 1. The maximum atomic E-state index is 13.4. The zero-order valence-electron chi connectivity index (χ0n) is 19.3. The molecule has 2 aromatic carbocycles. The molecular formula is C26H23N5O4. The fourth-order valence-electron chi connectivity index (χ4n) is 4.08. The molecule has 0 bridgehead atoms. The lowest BCUT2D eigenvalue weighted by Crippen LogP contribution is -2.24. The Morgan fingerprint density at radius 1 is 1.09 bits per heavy atom. The first-order chi connectivity index (χ1) is 16.9. The van der Waals surface area contributed by atoms with Crippen molar-refractivity contribution in [3.63, 3.8) is 0 Å². The molecule has 1 aliphatic rings. The van der Waals surface area contributed by atoms with Gasteiger partial charge < -0.3 is 14.4 Å². The van der Waals surface area contributed by atoms with Crippen molar-refractivity contribution >= 4 is 17.7 Å². The van der Waals surface area contributed by atoms with Crippen LogP contribution in [0.3, 0.4) is 0 Å². The predicted molar refractivity (Wildman–Crippen MR) is 129 cm³/mol. The van der Waals surface area contributed by atoms with Gasteiger partial charge >= 0.3 is 5.97 Å². The average molecular weight is 470 g/mol. The summed E-state index contributed by atoms with van der Waals surface area (Å²) in [6.07, 6.45) is 1.68. The number of amides is 1. The van der Waals surface area contributed by atoms with Gasteiger partial charge in [0.2, 0.25) is 0 Å². The third-order valence-corrected chi connectivity index (χ3v) is 5.81. The zero-order chi connectivity index (χ0) is 24.5. The normalized spacial score (nSPS) is 12.8. The largest absolute Gasteiger partial charge is 0.482 e. The number of carbonyl (C=O) groups is 2. The molecule has 176 valence electrons. The Labute approximate surface area is 201 Å². The second-order valence-corrected chi connectivity index (χ2v) is 8.51. The van der Waals surface area contributed by atoms with E-state index in [9.17, 15) is 9.59 Å². The smallest absolute Gasteiger partial charge is 0.341 e. The highest BCUT2D eigenvalue weighted by Crippen LogP contribution is 2.33. The number of rotatable bonds is 7. The summed E-state index contributed by atoms with van der Waals surface area (Å²) in [6.45, 7) is 4.09. The molecular weight excluding hydrogens is 446 g/mol. The number of carboxylic acid groups (broad SMARTS) is 1. The molecule has 0 saturated carbocycles. The average Bonchev–Trinajstić information content (AvgIpc) is 3.48. The molecule has 0 atom stereocenters. The van der Waals surface area contributed by atoms with Gasteiger partial charge in [-0.15, -0.1) is 10.2 Å². The molecule has 0 radical (unpaired) electrons. The molecule has 0 fully saturated rings. The molecule has 0 unspecified atom stereocenters. The van der Waals surface area contributed by atoms with Crippen LogP contribution in [0.4, 0.5) is 5.82 Å². The van der Waals surface area contributed by atoms with E-state index in [0.29, 0.717) is 35.2 Å². The zero-order valence-corrected chi connectivity index (χ0v) is 19.3. The molecule has 1 amide bonds. The first kappa shape index (κ1) is 22.3. The molecule has 1 N–H and O–H groups in total. The van der Waals surface area contributed by atoms with E-state index >= 15 is 0 Å². The van der Waals surface area contributed by atoms with Crippen molar-refractivity contribution in [2.45, 2.75) is 26.4 Å². The van der Waals surface area contributed by atoms with Gasteiger partial charge in [0.1, 0.15) is 23.6 Å². The monoisotopic (exact) mass is 469 g/mol. The van der Waals surface area contributed by atoms with Crippen molar-refractivity contribution in [1.29, 1.82) is 0 Å². The van der Waals surface area contributed by atoms with E-state index in [1.165, 1.54) is 0 Å². The summed E-state index contributed by atoms with van der Waals surface area (Å²) >= 11 is 0. The van der Waals surface area contributed by atoms with Gasteiger partial charge in [0.05, 0.1) is 6.54 Å². The van der Waals surface area contributed by atoms with Crippen LogP contribution in [-0.4, -0.2) is 43.3 Å². The topological polar surface area (TPSA) is 110 Å². The second-order valence-electron chi connectivity index (χ2n) is 8.51. The molecule has 0 aliphatic carbocycles. The number of benzene rings is 2. The van der Waals surface area contributed by atoms with Gasteiger partial charge in [-0.25, -0.2) is 9.78 Å². The number of aliphatic carboxylic acids is 1. The Morgan fingerprint density at radius 3 is 2.69 bits per heavy atom. The Kier molecular flexibility index (Phi) is 5.74. The molecule has 9 heteroatoms. The molecule has 4 aromatic rings. The fraction of sp³-hybridized carbons (Fsp3) is 0.192. The Balaban J connectivity index is 1.42. The van der Waals surface area contributed by atoms with Crippen molar-refractivity contribution in [3.05, 3.63) is 78.1 Å². The van der Waals surface area contributed by atoms with E-state index in [2.05, 4.69) is 10.2 Å². The molecule has 1 aliphatic heterocycles. The van der Waals surface area contributed by atoms with E-state index in [1.54, 1.807) is 29.4 Å². The summed E-state index contributed by atoms with van der Waals surface area (Å²) in [5.41, 5.74) is 3.84. The van der Waals surface area contributed by atoms with E-state index in [4.69, 9.17) is 14.8 Å². The Bertz CT molecular complexity index is 1430. The van der Waals surface area contributed by atoms with Gasteiger partial charge in [-0.05, 0) is 60.9 Å². The van der Waals surface area contributed by atoms with Crippen LogP contribution in [0.5, 0.6) is 5.75 Å². The predicted octanol–water partition coefficient (Wildman–Crippen LogP) is 4.21. The minimum absolute atomic E-state index is 0.130. The Hall–Kier alpha value is -4.53. The molecule has 3 heterocycles. The number of hydrogen-bond donors (Lipinski definition) is 1. The summed E-state index contributed by atoms with van der Waals surface area (Å²) < 4.78 is 7.23. The van der Waals surface area contributed by atoms with Gasteiger partial charge in [0.25, 0.3) is 5.91 Å². The number of aromatic nitrogens is 4. The van der Waals surface area contributed by atoms with Gasteiger partial charge in [-0.2, -0.15) is 0 Å². The van der Waals surface area contributed by atoms with Crippen LogP contribution < -0.4 is 9.64 Å². The number of fused-ring (bicyclic) bond motifs is 1. The standard InChI is InChI=1S/C26H23N5O4/c1-16(2)31-15-27-29-25(31)22-7-4-8-23(28-22)30-13-19-10-9-18(12-21(19)26(30)34)17-5-3-6-20(11-17)35-14-24(32)33/h3-12,15-16H,13-14H2,1-2H3,(H,32,33). The van der Waals surface area contributed by atoms with Crippen LogP contribution >= 0.6 is 0 Å². The van der Waals surface area contributed by atoms with E-state index in [0.717, 1.165) is 16.7 Å². The highest BCUT2D eigenvalue weighted by molar-refractivity contribution is 6.10. The molecule has 0 spiro atoms. The SMILES string of the molecule is CC(C)n1cnnc1-c1cccc(N2Cc3ccc(-c4cccc(OCC(=O)O)c4)cc3C2=O)n1. The van der Waals surface area contributed by atoms with E-state index < -0.39 is 12.6 Å². The minimum Gasteiger partial charge on any atom is -0.482 e.